The summed E-state index contributed by atoms with van der Waals surface area (Å²) >= 11 is 7.24. The molecule has 288 valence electrons. The Bertz CT molecular complexity index is 2640. The number of halogens is 2. The normalized spacial score (nSPS) is 13.0. The maximum atomic E-state index is 6.41. The second kappa shape index (κ2) is 17.0. The molecule has 0 amide bonds. The summed E-state index contributed by atoms with van der Waals surface area (Å²) in [5.74, 6) is 2.16. The highest BCUT2D eigenvalue weighted by Crippen LogP contribution is 2.42. The average molecular weight is 889 g/mol. The van der Waals surface area contributed by atoms with E-state index in [1.165, 1.54) is 44.5 Å². The third-order valence-corrected chi connectivity index (χ3v) is 12.1. The van der Waals surface area contributed by atoms with Crippen molar-refractivity contribution in [3.05, 3.63) is 200 Å². The van der Waals surface area contributed by atoms with Crippen LogP contribution in [0.25, 0.3) is 21.8 Å². The second-order valence-corrected chi connectivity index (χ2v) is 16.9. The summed E-state index contributed by atoms with van der Waals surface area (Å²) in [5.41, 5.74) is 18.3. The first-order chi connectivity index (χ1) is 28.5. The quantitative estimate of drug-likeness (QED) is 0.156. The van der Waals surface area contributed by atoms with E-state index in [0.29, 0.717) is 0 Å². The van der Waals surface area contributed by atoms with E-state index in [9.17, 15) is 0 Å². The number of nitrogen functional groups attached to an aromatic ring is 1. The molecule has 2 aliphatic heterocycles. The zero-order valence-electron chi connectivity index (χ0n) is 32.2. The lowest BCUT2D eigenvalue weighted by molar-refractivity contribution is 0.796. The van der Waals surface area contributed by atoms with Gasteiger partial charge in [0.15, 0.2) is 0 Å². The molecule has 8 heteroatoms. The van der Waals surface area contributed by atoms with E-state index in [-0.39, 0.29) is 0 Å². The van der Waals surface area contributed by atoms with Gasteiger partial charge in [-0.05, 0) is 71.5 Å². The van der Waals surface area contributed by atoms with Gasteiger partial charge in [0, 0.05) is 75.8 Å². The summed E-state index contributed by atoms with van der Waals surface area (Å²) < 4.78 is 2.11. The summed E-state index contributed by atoms with van der Waals surface area (Å²) in [7, 11) is 0. The molecule has 2 N–H and O–H groups in total. The van der Waals surface area contributed by atoms with Gasteiger partial charge in [-0.3, -0.25) is 0 Å². The molecule has 8 aromatic rings. The maximum absolute atomic E-state index is 6.41. The molecule has 2 aromatic heterocycles. The first-order valence-electron chi connectivity index (χ1n) is 19.9. The lowest BCUT2D eigenvalue weighted by atomic mass is 10.0. The van der Waals surface area contributed by atoms with Crippen LogP contribution in [0.15, 0.2) is 167 Å². The Hall–Kier alpha value is -5.70. The molecule has 0 unspecified atom stereocenters. The van der Waals surface area contributed by atoms with Crippen LogP contribution in [0.4, 0.5) is 23.0 Å². The first kappa shape index (κ1) is 37.9. The van der Waals surface area contributed by atoms with E-state index in [1.54, 1.807) is 0 Å². The van der Waals surface area contributed by atoms with E-state index in [4.69, 9.17) is 15.7 Å². The van der Waals surface area contributed by atoms with Gasteiger partial charge in [-0.25, -0.2) is 9.97 Å². The van der Waals surface area contributed by atoms with E-state index in [2.05, 4.69) is 186 Å². The largest absolute Gasteiger partial charge is 0.398 e. The Balaban J connectivity index is 0.000000169. The summed E-state index contributed by atoms with van der Waals surface area (Å²) in [6, 6.07) is 55.4. The number of aromatic nitrogens is 2. The van der Waals surface area contributed by atoms with Crippen LogP contribution in [0.1, 0.15) is 33.4 Å². The molecule has 0 saturated heterocycles. The van der Waals surface area contributed by atoms with E-state index < -0.39 is 0 Å². The second-order valence-electron chi connectivity index (χ2n) is 15.1. The van der Waals surface area contributed by atoms with E-state index in [1.807, 2.05) is 18.2 Å². The Morgan fingerprint density at radius 2 is 0.914 bits per heavy atom. The van der Waals surface area contributed by atoms with Crippen LogP contribution < -0.4 is 20.4 Å². The van der Waals surface area contributed by atoms with Gasteiger partial charge in [0.25, 0.3) is 0 Å². The fraction of sp³-hybridized carbons (Fsp3) is 0.160. The van der Waals surface area contributed by atoms with E-state index >= 15 is 0 Å². The summed E-state index contributed by atoms with van der Waals surface area (Å²) in [6.45, 7) is 5.38. The standard InChI is InChI=1S/C32H28BrN3.C18H16BrN3/c33-27-16-17-30-29(20-27)31(28-18-19-35(32(28)34-30)21-24-10-4-1-5-11-24)36(22-25-12-6-2-7-13-25)23-26-14-8-3-9-15-26;19-13-6-7-16-15(10-13)17(20)14-8-9-22(18(14)21-16)11-12-4-2-1-3-5-12/h1-17,20H,18-19,21-23H2;1-7,10H,8-9,11H2,(H2,20,21). The fourth-order valence-electron chi connectivity index (χ4n) is 8.34. The molecule has 0 bridgehead atoms. The summed E-state index contributed by atoms with van der Waals surface area (Å²) in [5, 5.41) is 2.24. The van der Waals surface area contributed by atoms with Crippen LogP contribution in [0.3, 0.4) is 0 Å². The van der Waals surface area contributed by atoms with Crippen molar-refractivity contribution < 1.29 is 0 Å². The number of anilines is 4. The number of pyridine rings is 2. The van der Waals surface area contributed by atoms with Crippen molar-refractivity contribution in [2.75, 3.05) is 33.5 Å². The summed E-state index contributed by atoms with van der Waals surface area (Å²) in [6.07, 6.45) is 1.95. The molecule has 0 radical (unpaired) electrons. The third kappa shape index (κ3) is 8.17. The number of hydrogen-bond donors (Lipinski definition) is 1. The number of fused-ring (bicyclic) bond motifs is 4. The van der Waals surface area contributed by atoms with Gasteiger partial charge >= 0.3 is 0 Å². The van der Waals surface area contributed by atoms with Crippen LogP contribution in [-0.4, -0.2) is 23.1 Å². The maximum Gasteiger partial charge on any atom is 0.134 e. The molecular formula is C50H44Br2N6. The van der Waals surface area contributed by atoms with Gasteiger partial charge in [-0.15, -0.1) is 0 Å². The number of nitrogens with two attached hydrogens (primary N) is 1. The Kier molecular flexibility index (Phi) is 11.1. The van der Waals surface area contributed by atoms with Gasteiger partial charge in [-0.2, -0.15) is 0 Å². The zero-order chi connectivity index (χ0) is 39.4. The van der Waals surface area contributed by atoms with Crippen molar-refractivity contribution in [1.82, 2.24) is 9.97 Å². The minimum absolute atomic E-state index is 0.840. The Morgan fingerprint density at radius 3 is 1.41 bits per heavy atom. The molecule has 0 saturated carbocycles. The minimum atomic E-state index is 0.840. The lowest BCUT2D eigenvalue weighted by Gasteiger charge is -2.29. The molecule has 2 aliphatic rings. The third-order valence-electron chi connectivity index (χ3n) is 11.1. The number of rotatable bonds is 9. The molecule has 4 heterocycles. The van der Waals surface area contributed by atoms with Crippen LogP contribution >= 0.6 is 31.9 Å². The van der Waals surface area contributed by atoms with Gasteiger partial charge in [0.1, 0.15) is 11.6 Å². The number of nitrogens with zero attached hydrogens (tertiary/aromatic N) is 5. The Labute approximate surface area is 357 Å². The van der Waals surface area contributed by atoms with Crippen LogP contribution in [0.2, 0.25) is 0 Å². The number of benzene rings is 6. The predicted octanol–water partition coefficient (Wildman–Crippen LogP) is 11.9. The highest BCUT2D eigenvalue weighted by Gasteiger charge is 2.29. The minimum Gasteiger partial charge on any atom is -0.398 e. The van der Waals surface area contributed by atoms with E-state index in [0.717, 1.165) is 94.8 Å². The molecule has 58 heavy (non-hydrogen) atoms. The summed E-state index contributed by atoms with van der Waals surface area (Å²) in [4.78, 5) is 17.4. The lowest BCUT2D eigenvalue weighted by Crippen LogP contribution is -2.24. The molecule has 10 rings (SSSR count). The molecule has 0 spiro atoms. The number of hydrogen-bond acceptors (Lipinski definition) is 6. The van der Waals surface area contributed by atoms with Crippen molar-refractivity contribution in [3.63, 3.8) is 0 Å². The van der Waals surface area contributed by atoms with Crippen molar-refractivity contribution in [3.8, 4) is 0 Å². The highest BCUT2D eigenvalue weighted by molar-refractivity contribution is 9.10. The van der Waals surface area contributed by atoms with Gasteiger partial charge in [-0.1, -0.05) is 153 Å². The SMILES string of the molecule is Brc1ccc2nc3c(c(N(Cc4ccccc4)Cc4ccccc4)c2c1)CCN3Cc1ccccc1.Nc1c2c(nc3ccc(Br)cc13)N(Cc1ccccc1)CC2. The smallest absolute Gasteiger partial charge is 0.134 e. The monoisotopic (exact) mass is 886 g/mol. The van der Waals surface area contributed by atoms with Crippen molar-refractivity contribution in [1.29, 1.82) is 0 Å². The molecule has 6 aromatic carbocycles. The topological polar surface area (TPSA) is 61.5 Å². The molecule has 0 atom stereocenters. The first-order valence-corrected chi connectivity index (χ1v) is 21.5. The Morgan fingerprint density at radius 1 is 0.500 bits per heavy atom. The zero-order valence-corrected chi connectivity index (χ0v) is 35.4. The van der Waals surface area contributed by atoms with Gasteiger partial charge in [0.2, 0.25) is 0 Å². The van der Waals surface area contributed by atoms with Crippen molar-refractivity contribution in [2.24, 2.45) is 0 Å². The molecule has 0 fully saturated rings. The van der Waals surface area contributed by atoms with Crippen LogP contribution in [0, 0.1) is 0 Å². The molecular weight excluding hydrogens is 844 g/mol. The van der Waals surface area contributed by atoms with Crippen molar-refractivity contribution in [2.45, 2.75) is 39.0 Å². The van der Waals surface area contributed by atoms with Crippen LogP contribution in [-0.2, 0) is 39.0 Å². The highest BCUT2D eigenvalue weighted by atomic mass is 79.9. The van der Waals surface area contributed by atoms with Crippen LogP contribution in [0.5, 0.6) is 0 Å². The van der Waals surface area contributed by atoms with Gasteiger partial charge in [0.05, 0.1) is 16.7 Å². The van der Waals surface area contributed by atoms with Crippen molar-refractivity contribution >= 4 is 76.7 Å². The average Bonchev–Trinajstić information content (AvgIpc) is 3.85. The van der Waals surface area contributed by atoms with Gasteiger partial charge < -0.3 is 20.4 Å². The molecule has 6 nitrogen and oxygen atoms in total. The fourth-order valence-corrected chi connectivity index (χ4v) is 9.06. The predicted molar refractivity (Wildman–Crippen MR) is 248 cm³/mol. The molecule has 0 aliphatic carbocycles.